The van der Waals surface area contributed by atoms with E-state index >= 15 is 0 Å². The average molecular weight is 412 g/mol. The highest BCUT2D eigenvalue weighted by molar-refractivity contribution is 6.31. The minimum Gasteiger partial charge on any atom is -0.462 e. The van der Waals surface area contributed by atoms with Gasteiger partial charge in [0.1, 0.15) is 11.5 Å². The molecule has 5 nitrogen and oxygen atoms in total. The zero-order valence-electron chi connectivity index (χ0n) is 16.6. The van der Waals surface area contributed by atoms with E-state index in [1.165, 1.54) is 12.2 Å². The second kappa shape index (κ2) is 8.97. The zero-order valence-corrected chi connectivity index (χ0v) is 17.3. The Hall–Kier alpha value is -3.05. The number of aryl methyl sites for hydroxylation is 2. The van der Waals surface area contributed by atoms with Gasteiger partial charge in [-0.2, -0.15) is 0 Å². The number of ether oxygens (including phenoxy) is 1. The summed E-state index contributed by atoms with van der Waals surface area (Å²) in [6.45, 7) is 5.86. The van der Waals surface area contributed by atoms with Crippen LogP contribution in [-0.2, 0) is 16.1 Å². The predicted molar refractivity (Wildman–Crippen MR) is 112 cm³/mol. The average Bonchev–Trinajstić information content (AvgIpc) is 3.23. The summed E-state index contributed by atoms with van der Waals surface area (Å²) in [4.78, 5) is 24.4. The minimum atomic E-state index is -0.600. The second-order valence-corrected chi connectivity index (χ2v) is 7.18. The van der Waals surface area contributed by atoms with Gasteiger partial charge in [-0.25, -0.2) is 4.79 Å². The van der Waals surface area contributed by atoms with Gasteiger partial charge in [0.15, 0.2) is 6.61 Å². The first kappa shape index (κ1) is 20.7. The van der Waals surface area contributed by atoms with Gasteiger partial charge in [-0.3, -0.25) is 4.79 Å². The number of esters is 1. The normalized spacial score (nSPS) is 11.2. The lowest BCUT2D eigenvalue weighted by Gasteiger charge is -2.11. The lowest BCUT2D eigenvalue weighted by Crippen LogP contribution is -2.14. The molecule has 2 aromatic heterocycles. The lowest BCUT2D eigenvalue weighted by molar-refractivity contribution is -0.136. The Morgan fingerprint density at radius 3 is 2.59 bits per heavy atom. The minimum absolute atomic E-state index is 0.251. The highest BCUT2D eigenvalue weighted by atomic mass is 35.5. The third-order valence-electron chi connectivity index (χ3n) is 4.65. The molecule has 0 aliphatic rings. The molecule has 0 aliphatic carbocycles. The van der Waals surface area contributed by atoms with Gasteiger partial charge in [0.2, 0.25) is 5.78 Å². The Bertz CT molecular complexity index is 1070. The molecule has 6 heteroatoms. The van der Waals surface area contributed by atoms with Crippen molar-refractivity contribution in [2.75, 3.05) is 6.61 Å². The van der Waals surface area contributed by atoms with Crippen LogP contribution in [0.2, 0.25) is 5.02 Å². The first-order chi connectivity index (χ1) is 13.8. The molecule has 0 N–H and O–H groups in total. The molecule has 0 bridgehead atoms. The summed E-state index contributed by atoms with van der Waals surface area (Å²) >= 11 is 6.26. The van der Waals surface area contributed by atoms with Gasteiger partial charge >= 0.3 is 5.97 Å². The number of aromatic nitrogens is 1. The van der Waals surface area contributed by atoms with E-state index in [0.29, 0.717) is 22.9 Å². The van der Waals surface area contributed by atoms with Crippen molar-refractivity contribution in [3.8, 4) is 0 Å². The third kappa shape index (κ3) is 5.06. The van der Waals surface area contributed by atoms with Crippen molar-refractivity contribution in [2.24, 2.45) is 0 Å². The molecule has 3 aromatic rings. The van der Waals surface area contributed by atoms with Crippen LogP contribution in [0.1, 0.15) is 38.8 Å². The summed E-state index contributed by atoms with van der Waals surface area (Å²) in [6.07, 6.45) is 2.75. The smallest absolute Gasteiger partial charge is 0.331 e. The van der Waals surface area contributed by atoms with Crippen molar-refractivity contribution in [2.45, 2.75) is 27.3 Å². The summed E-state index contributed by atoms with van der Waals surface area (Å²) in [5.41, 5.74) is 3.25. The number of hydrogen-bond donors (Lipinski definition) is 0. The fraction of sp³-hybridized carbons (Fsp3) is 0.217. The van der Waals surface area contributed by atoms with E-state index in [2.05, 4.69) is 0 Å². The van der Waals surface area contributed by atoms with Gasteiger partial charge in [0.25, 0.3) is 0 Å². The molecular weight excluding hydrogens is 390 g/mol. The molecule has 3 rings (SSSR count). The molecule has 0 fully saturated rings. The second-order valence-electron chi connectivity index (χ2n) is 6.77. The first-order valence-corrected chi connectivity index (χ1v) is 9.57. The van der Waals surface area contributed by atoms with Crippen molar-refractivity contribution in [1.82, 2.24) is 4.57 Å². The van der Waals surface area contributed by atoms with Crippen LogP contribution in [0.3, 0.4) is 0 Å². The van der Waals surface area contributed by atoms with Crippen LogP contribution < -0.4 is 0 Å². The fourth-order valence-electron chi connectivity index (χ4n) is 3.08. The molecule has 0 atom stereocenters. The number of halogens is 1. The number of benzene rings is 1. The Morgan fingerprint density at radius 2 is 1.90 bits per heavy atom. The summed E-state index contributed by atoms with van der Waals surface area (Å²) in [7, 11) is 0. The first-order valence-electron chi connectivity index (χ1n) is 9.19. The molecule has 0 unspecified atom stereocenters. The monoisotopic (exact) mass is 411 g/mol. The largest absolute Gasteiger partial charge is 0.462 e. The van der Waals surface area contributed by atoms with Crippen molar-refractivity contribution in [3.05, 3.63) is 87.6 Å². The predicted octanol–water partition coefficient (Wildman–Crippen LogP) is 5.15. The molecule has 0 amide bonds. The molecule has 150 valence electrons. The number of rotatable bonds is 7. The van der Waals surface area contributed by atoms with Crippen molar-refractivity contribution in [1.29, 1.82) is 0 Å². The SMILES string of the molecule is Cc1ccc(C=CC(=O)OCC(=O)c2cc(C)n(Cc3ccccc3Cl)c2C)o1. The van der Waals surface area contributed by atoms with Crippen LogP contribution in [0.5, 0.6) is 0 Å². The van der Waals surface area contributed by atoms with E-state index in [1.807, 2.05) is 55.7 Å². The Morgan fingerprint density at radius 1 is 1.14 bits per heavy atom. The molecule has 0 radical (unpaired) electrons. The quantitative estimate of drug-likeness (QED) is 0.306. The van der Waals surface area contributed by atoms with Crippen molar-refractivity contribution < 1.29 is 18.7 Å². The van der Waals surface area contributed by atoms with Gasteiger partial charge in [-0.05, 0) is 56.7 Å². The maximum Gasteiger partial charge on any atom is 0.331 e. The van der Waals surface area contributed by atoms with Gasteiger partial charge in [-0.15, -0.1) is 0 Å². The third-order valence-corrected chi connectivity index (χ3v) is 5.02. The van der Waals surface area contributed by atoms with E-state index in [9.17, 15) is 9.59 Å². The summed E-state index contributed by atoms with van der Waals surface area (Å²) in [6, 6.07) is 13.0. The van der Waals surface area contributed by atoms with E-state index < -0.39 is 5.97 Å². The number of carbonyl (C=O) groups excluding carboxylic acids is 2. The Labute approximate surface area is 174 Å². The molecule has 2 heterocycles. The standard InChI is InChI=1S/C23H22ClNO4/c1-15-12-20(17(3)25(15)13-18-6-4-5-7-21(18)24)22(26)14-28-23(27)11-10-19-9-8-16(2)29-19/h4-12H,13-14H2,1-3H3. The van der Waals surface area contributed by atoms with E-state index in [0.717, 1.165) is 22.7 Å². The molecule has 29 heavy (non-hydrogen) atoms. The maximum atomic E-state index is 12.6. The van der Waals surface area contributed by atoms with Crippen LogP contribution >= 0.6 is 11.6 Å². The van der Waals surface area contributed by atoms with Crippen LogP contribution in [0.25, 0.3) is 6.08 Å². The Balaban J connectivity index is 1.64. The van der Waals surface area contributed by atoms with Crippen molar-refractivity contribution in [3.63, 3.8) is 0 Å². The number of carbonyl (C=O) groups is 2. The van der Waals surface area contributed by atoms with Crippen LogP contribution in [0.15, 0.2) is 53.0 Å². The van der Waals surface area contributed by atoms with E-state index in [1.54, 1.807) is 12.1 Å². The van der Waals surface area contributed by atoms with Crippen LogP contribution in [0, 0.1) is 20.8 Å². The molecule has 0 saturated carbocycles. The molecule has 0 aliphatic heterocycles. The van der Waals surface area contributed by atoms with Crippen LogP contribution in [0.4, 0.5) is 0 Å². The maximum absolute atomic E-state index is 12.6. The summed E-state index contributed by atoms with van der Waals surface area (Å²) in [5.74, 6) is 0.450. The molecule has 0 spiro atoms. The van der Waals surface area contributed by atoms with Crippen molar-refractivity contribution >= 4 is 29.4 Å². The molecule has 0 saturated heterocycles. The van der Waals surface area contributed by atoms with Crippen LogP contribution in [-0.4, -0.2) is 22.9 Å². The van der Waals surface area contributed by atoms with E-state index in [-0.39, 0.29) is 12.4 Å². The van der Waals surface area contributed by atoms with Gasteiger partial charge < -0.3 is 13.7 Å². The lowest BCUT2D eigenvalue weighted by atomic mass is 10.1. The number of Topliss-reactive ketones (excluding diaryl/α,β-unsaturated/α-hetero) is 1. The summed E-state index contributed by atoms with van der Waals surface area (Å²) in [5, 5.41) is 0.681. The van der Waals surface area contributed by atoms with Gasteiger partial charge in [-0.1, -0.05) is 29.8 Å². The number of furan rings is 1. The van der Waals surface area contributed by atoms with Gasteiger partial charge in [0.05, 0.1) is 0 Å². The summed E-state index contributed by atoms with van der Waals surface area (Å²) < 4.78 is 12.4. The highest BCUT2D eigenvalue weighted by Gasteiger charge is 2.17. The number of nitrogens with zero attached hydrogens (tertiary/aromatic N) is 1. The van der Waals surface area contributed by atoms with E-state index in [4.69, 9.17) is 20.8 Å². The fourth-order valence-corrected chi connectivity index (χ4v) is 3.27. The van der Waals surface area contributed by atoms with Gasteiger partial charge in [0, 0.05) is 34.6 Å². The number of ketones is 1. The molecule has 1 aromatic carbocycles. The topological polar surface area (TPSA) is 61.4 Å². The number of hydrogen-bond acceptors (Lipinski definition) is 4. The molecular formula is C23H22ClNO4. The Kier molecular flexibility index (Phi) is 6.39. The highest BCUT2D eigenvalue weighted by Crippen LogP contribution is 2.21. The zero-order chi connectivity index (χ0) is 21.0.